The van der Waals surface area contributed by atoms with Gasteiger partial charge in [0.2, 0.25) is 5.91 Å². The number of sulfonamides is 1. The van der Waals surface area contributed by atoms with Gasteiger partial charge in [0.25, 0.3) is 10.0 Å². The van der Waals surface area contributed by atoms with Gasteiger partial charge in [-0.1, -0.05) is 31.9 Å². The molecule has 4 rings (SSSR count). The number of likely N-dealkylation sites (tertiary alicyclic amines) is 1. The Morgan fingerprint density at radius 1 is 1.22 bits per heavy atom. The van der Waals surface area contributed by atoms with Crippen LogP contribution in [0, 0.1) is 0 Å². The molecule has 0 bridgehead atoms. The predicted molar refractivity (Wildman–Crippen MR) is 122 cm³/mol. The van der Waals surface area contributed by atoms with Gasteiger partial charge in [0.1, 0.15) is 17.6 Å². The molecule has 2 aliphatic heterocycles. The number of nitrogens with one attached hydrogen (secondary N) is 2. The van der Waals surface area contributed by atoms with E-state index in [1.54, 1.807) is 30.5 Å². The highest BCUT2D eigenvalue weighted by Crippen LogP contribution is 2.26. The van der Waals surface area contributed by atoms with Gasteiger partial charge in [-0.2, -0.15) is 0 Å². The molecule has 1 saturated heterocycles. The van der Waals surface area contributed by atoms with Crippen LogP contribution < -0.4 is 10.0 Å². The van der Waals surface area contributed by atoms with Gasteiger partial charge in [-0.15, -0.1) is 0 Å². The molecule has 0 radical (unpaired) electrons. The number of fused-ring (bicyclic) bond motifs is 1. The first-order valence-corrected chi connectivity index (χ1v) is 12.7. The highest BCUT2D eigenvalue weighted by molar-refractivity contribution is 7.90. The van der Waals surface area contributed by atoms with Gasteiger partial charge in [-0.25, -0.2) is 8.42 Å². The Balaban J connectivity index is 1.52. The van der Waals surface area contributed by atoms with Crippen LogP contribution in [0.15, 0.2) is 57.0 Å². The molecule has 2 unspecified atom stereocenters. The molecule has 3 heterocycles. The first-order valence-electron chi connectivity index (χ1n) is 11.2. The number of amidine groups is 1. The zero-order valence-corrected chi connectivity index (χ0v) is 19.1. The normalized spacial score (nSPS) is 20.6. The number of rotatable bonds is 9. The van der Waals surface area contributed by atoms with Crippen molar-refractivity contribution in [3.8, 4) is 0 Å². The fourth-order valence-corrected chi connectivity index (χ4v) is 5.54. The zero-order valence-electron chi connectivity index (χ0n) is 18.3. The number of hydrogen-bond donors (Lipinski definition) is 2. The molecule has 2 aliphatic rings. The molecule has 8 nitrogen and oxygen atoms in total. The minimum Gasteiger partial charge on any atom is -0.468 e. The molecule has 2 aromatic rings. The number of unbranched alkanes of at least 4 members (excludes halogenated alkanes) is 1. The van der Waals surface area contributed by atoms with E-state index in [1.807, 2.05) is 12.1 Å². The van der Waals surface area contributed by atoms with Gasteiger partial charge in [-0.05, 0) is 56.6 Å². The van der Waals surface area contributed by atoms with Crippen LogP contribution in [0.1, 0.15) is 56.4 Å². The Morgan fingerprint density at radius 3 is 2.72 bits per heavy atom. The second kappa shape index (κ2) is 9.87. The van der Waals surface area contributed by atoms with Crippen LogP contribution in [0.4, 0.5) is 0 Å². The summed E-state index contributed by atoms with van der Waals surface area (Å²) in [4.78, 5) is 20.2. The minimum atomic E-state index is -3.64. The van der Waals surface area contributed by atoms with Crippen LogP contribution in [0.5, 0.6) is 0 Å². The van der Waals surface area contributed by atoms with Crippen LogP contribution in [0.2, 0.25) is 0 Å². The molecular formula is C23H30N4O4S. The maximum absolute atomic E-state index is 13.2. The van der Waals surface area contributed by atoms with Crippen molar-refractivity contribution >= 4 is 21.8 Å². The summed E-state index contributed by atoms with van der Waals surface area (Å²) in [5.41, 5.74) is 0.507. The van der Waals surface area contributed by atoms with E-state index >= 15 is 0 Å². The quantitative estimate of drug-likeness (QED) is 0.601. The lowest BCUT2D eigenvalue weighted by Gasteiger charge is -2.26. The molecule has 9 heteroatoms. The lowest BCUT2D eigenvalue weighted by atomic mass is 10.1. The van der Waals surface area contributed by atoms with Crippen LogP contribution in [-0.2, 0) is 14.8 Å². The maximum atomic E-state index is 13.2. The van der Waals surface area contributed by atoms with Crippen LogP contribution >= 0.6 is 0 Å². The molecule has 2 N–H and O–H groups in total. The molecule has 1 aromatic carbocycles. The Labute approximate surface area is 189 Å². The zero-order chi connectivity index (χ0) is 22.6. The summed E-state index contributed by atoms with van der Waals surface area (Å²) in [6.07, 6.45) is 6.20. The summed E-state index contributed by atoms with van der Waals surface area (Å²) in [5.74, 6) is 0.866. The monoisotopic (exact) mass is 458 g/mol. The van der Waals surface area contributed by atoms with E-state index in [4.69, 9.17) is 4.42 Å². The van der Waals surface area contributed by atoms with Gasteiger partial charge < -0.3 is 9.73 Å². The first kappa shape index (κ1) is 22.5. The van der Waals surface area contributed by atoms with Crippen LogP contribution in [0.25, 0.3) is 0 Å². The third kappa shape index (κ3) is 4.88. The van der Waals surface area contributed by atoms with Gasteiger partial charge in [0.05, 0.1) is 17.2 Å². The summed E-state index contributed by atoms with van der Waals surface area (Å²) in [6, 6.07) is 9.80. The lowest BCUT2D eigenvalue weighted by Crippen LogP contribution is -2.41. The number of amides is 1. The number of aliphatic imine (C=N–C) groups is 1. The molecule has 1 fully saturated rings. The largest absolute Gasteiger partial charge is 0.468 e. The summed E-state index contributed by atoms with van der Waals surface area (Å²) in [5, 5.41) is 3.05. The van der Waals surface area contributed by atoms with Crippen molar-refractivity contribution in [3.05, 3.63) is 54.0 Å². The smallest absolute Gasteiger partial charge is 0.263 e. The molecule has 2 atom stereocenters. The lowest BCUT2D eigenvalue weighted by molar-refractivity contribution is -0.122. The molecular weight excluding hydrogens is 428 g/mol. The number of carbonyl (C=O) groups excluding carboxylic acids is 1. The third-order valence-electron chi connectivity index (χ3n) is 6.00. The third-order valence-corrected chi connectivity index (χ3v) is 7.40. The van der Waals surface area contributed by atoms with E-state index in [0.717, 1.165) is 44.5 Å². The van der Waals surface area contributed by atoms with Crippen molar-refractivity contribution in [2.75, 3.05) is 19.6 Å². The molecule has 1 aromatic heterocycles. The first-order chi connectivity index (χ1) is 15.5. The van der Waals surface area contributed by atoms with E-state index in [-0.39, 0.29) is 22.7 Å². The van der Waals surface area contributed by atoms with E-state index in [1.165, 1.54) is 0 Å². The average molecular weight is 459 g/mol. The molecule has 0 spiro atoms. The average Bonchev–Trinajstić information content (AvgIpc) is 3.54. The van der Waals surface area contributed by atoms with Crippen molar-refractivity contribution in [3.63, 3.8) is 0 Å². The van der Waals surface area contributed by atoms with Crippen molar-refractivity contribution in [2.24, 2.45) is 4.99 Å². The Morgan fingerprint density at radius 2 is 2.00 bits per heavy atom. The summed E-state index contributed by atoms with van der Waals surface area (Å²) < 4.78 is 33.0. The minimum absolute atomic E-state index is 0.0263. The topological polar surface area (TPSA) is 104 Å². The van der Waals surface area contributed by atoms with Crippen molar-refractivity contribution in [1.82, 2.24) is 14.9 Å². The SMILES string of the molecule is CCCCC(N=C1NS(=O)(=O)c2ccccc21)C(=O)NCC(c1ccco1)N1CCCC1. The molecule has 32 heavy (non-hydrogen) atoms. The van der Waals surface area contributed by atoms with Gasteiger partial charge in [-0.3, -0.25) is 19.4 Å². The van der Waals surface area contributed by atoms with E-state index in [9.17, 15) is 13.2 Å². The standard InChI is InChI=1S/C23H30N4O4S/c1-2-3-10-18(25-22-17-9-4-5-12-21(17)32(29,30)26-22)23(28)24-16-19(20-11-8-15-31-20)27-13-6-7-14-27/h4-5,8-9,11-12,15,18-19H,2-3,6-7,10,13-14,16H2,1H3,(H,24,28)(H,25,26). The highest BCUT2D eigenvalue weighted by Gasteiger charge is 2.32. The summed E-state index contributed by atoms with van der Waals surface area (Å²) in [6.45, 7) is 4.42. The number of carbonyl (C=O) groups is 1. The summed E-state index contributed by atoms with van der Waals surface area (Å²) in [7, 11) is -3.64. The van der Waals surface area contributed by atoms with Gasteiger partial charge in [0.15, 0.2) is 0 Å². The molecule has 1 amide bonds. The fourth-order valence-electron chi connectivity index (χ4n) is 4.30. The Bertz CT molecular complexity index is 1060. The van der Waals surface area contributed by atoms with Crippen molar-refractivity contribution in [1.29, 1.82) is 0 Å². The van der Waals surface area contributed by atoms with Crippen LogP contribution in [-0.4, -0.2) is 50.7 Å². The molecule has 0 saturated carbocycles. The van der Waals surface area contributed by atoms with Crippen molar-refractivity contribution < 1.29 is 17.6 Å². The van der Waals surface area contributed by atoms with Crippen LogP contribution in [0.3, 0.4) is 0 Å². The number of hydrogen-bond acceptors (Lipinski definition) is 6. The summed E-state index contributed by atoms with van der Waals surface area (Å²) >= 11 is 0. The Kier molecular flexibility index (Phi) is 6.95. The van der Waals surface area contributed by atoms with E-state index in [2.05, 4.69) is 26.9 Å². The second-order valence-electron chi connectivity index (χ2n) is 8.26. The van der Waals surface area contributed by atoms with Gasteiger partial charge in [0, 0.05) is 12.1 Å². The van der Waals surface area contributed by atoms with E-state index < -0.39 is 16.1 Å². The number of benzene rings is 1. The maximum Gasteiger partial charge on any atom is 0.263 e. The van der Waals surface area contributed by atoms with Crippen molar-refractivity contribution in [2.45, 2.75) is 56.0 Å². The fraction of sp³-hybridized carbons (Fsp3) is 0.478. The second-order valence-corrected chi connectivity index (χ2v) is 9.91. The molecule has 172 valence electrons. The molecule has 0 aliphatic carbocycles. The van der Waals surface area contributed by atoms with Gasteiger partial charge >= 0.3 is 0 Å². The van der Waals surface area contributed by atoms with E-state index in [0.29, 0.717) is 18.5 Å². The predicted octanol–water partition coefficient (Wildman–Crippen LogP) is 2.83. The highest BCUT2D eigenvalue weighted by atomic mass is 32.2. The number of nitrogens with zero attached hydrogens (tertiary/aromatic N) is 2. The number of furan rings is 1. The Hall–Kier alpha value is -2.65.